The number of para-hydroxylation sites is 1. The Kier molecular flexibility index (Phi) is 6.03. The van der Waals surface area contributed by atoms with Crippen molar-refractivity contribution in [3.05, 3.63) is 79.0 Å². The number of carbonyl (C=O) groups is 1. The second kappa shape index (κ2) is 10.00. The largest absolute Gasteiger partial charge is 0.337 e. The van der Waals surface area contributed by atoms with Gasteiger partial charge in [-0.05, 0) is 48.7 Å². The van der Waals surface area contributed by atoms with E-state index in [9.17, 15) is 9.18 Å². The van der Waals surface area contributed by atoms with Crippen molar-refractivity contribution < 1.29 is 9.18 Å². The summed E-state index contributed by atoms with van der Waals surface area (Å²) in [5.41, 5.74) is 7.01. The van der Waals surface area contributed by atoms with E-state index < -0.39 is 0 Å². The Morgan fingerprint density at radius 2 is 1.77 bits per heavy atom. The molecule has 0 saturated heterocycles. The van der Waals surface area contributed by atoms with Crippen LogP contribution in [0.3, 0.4) is 0 Å². The number of rotatable bonds is 5. The van der Waals surface area contributed by atoms with Crippen molar-refractivity contribution in [2.75, 3.05) is 5.32 Å². The average Bonchev–Trinajstić information content (AvgIpc) is 3.62. The predicted molar refractivity (Wildman–Crippen MR) is 153 cm³/mol. The maximum absolute atomic E-state index is 13.5. The summed E-state index contributed by atoms with van der Waals surface area (Å²) in [5.74, 6) is 0.454. The number of halogens is 1. The summed E-state index contributed by atoms with van der Waals surface area (Å²) < 4.78 is 13.5. The van der Waals surface area contributed by atoms with Crippen molar-refractivity contribution in [1.82, 2.24) is 30.1 Å². The second-order valence-corrected chi connectivity index (χ2v) is 10.3. The van der Waals surface area contributed by atoms with E-state index in [1.54, 1.807) is 30.7 Å². The number of hydrogen-bond donors (Lipinski definition) is 3. The Morgan fingerprint density at radius 3 is 2.62 bits per heavy atom. The Bertz CT molecular complexity index is 1850. The molecule has 4 heterocycles. The summed E-state index contributed by atoms with van der Waals surface area (Å²) in [6, 6.07) is 16.1. The highest BCUT2D eigenvalue weighted by molar-refractivity contribution is 5.98. The molecule has 198 valence electrons. The lowest BCUT2D eigenvalue weighted by Gasteiger charge is -2.20. The first-order valence-electron chi connectivity index (χ1n) is 13.5. The van der Waals surface area contributed by atoms with Gasteiger partial charge in [-0.25, -0.2) is 9.37 Å². The third-order valence-electron chi connectivity index (χ3n) is 7.62. The number of aromatic nitrogens is 6. The Labute approximate surface area is 229 Å². The first-order valence-corrected chi connectivity index (χ1v) is 13.5. The maximum atomic E-state index is 13.5. The molecule has 40 heavy (non-hydrogen) atoms. The van der Waals surface area contributed by atoms with E-state index in [-0.39, 0.29) is 17.6 Å². The molecule has 0 spiro atoms. The van der Waals surface area contributed by atoms with Crippen LogP contribution in [-0.4, -0.2) is 36.0 Å². The number of amides is 1. The van der Waals surface area contributed by atoms with Crippen molar-refractivity contribution in [2.24, 2.45) is 5.92 Å². The normalized spacial score (nSPS) is 14.1. The van der Waals surface area contributed by atoms with Gasteiger partial charge in [0.15, 0.2) is 5.82 Å². The Balaban J connectivity index is 1.22. The summed E-state index contributed by atoms with van der Waals surface area (Å²) in [6.07, 6.45) is 10.4. The number of fused-ring (bicyclic) bond motifs is 2. The van der Waals surface area contributed by atoms with Gasteiger partial charge in [0.1, 0.15) is 11.5 Å². The molecular formula is C31H26FN7O. The standard InChI is InChI=1S/C31H26FN7O/c32-21-11-9-18(10-12-21)23-7-4-8-25-28(23)37-30(36-25)29-24-14-26(34-17-27(24)38-39-29)20-13-22(16-33-15-20)35-31(40)19-5-2-1-3-6-19/h4,7-17,19H,1-3,5-6H2,(H,35,40)(H,36,37)(H,38,39). The van der Waals surface area contributed by atoms with E-state index in [1.165, 1.54) is 18.6 Å². The topological polar surface area (TPSA) is 112 Å². The molecule has 1 aliphatic carbocycles. The van der Waals surface area contributed by atoms with Crippen LogP contribution in [0.25, 0.3) is 55.8 Å². The molecule has 0 atom stereocenters. The lowest BCUT2D eigenvalue weighted by molar-refractivity contribution is -0.120. The van der Waals surface area contributed by atoms with Crippen LogP contribution in [0.2, 0.25) is 0 Å². The van der Waals surface area contributed by atoms with Crippen LogP contribution in [0.1, 0.15) is 32.1 Å². The van der Waals surface area contributed by atoms with E-state index >= 15 is 0 Å². The van der Waals surface area contributed by atoms with Crippen LogP contribution in [0, 0.1) is 11.7 Å². The van der Waals surface area contributed by atoms with E-state index in [2.05, 4.69) is 30.5 Å². The number of hydrogen-bond acceptors (Lipinski definition) is 5. The highest BCUT2D eigenvalue weighted by atomic mass is 19.1. The Morgan fingerprint density at radius 1 is 0.925 bits per heavy atom. The second-order valence-electron chi connectivity index (χ2n) is 10.3. The minimum absolute atomic E-state index is 0.0593. The molecule has 0 unspecified atom stereocenters. The molecular weight excluding hydrogens is 505 g/mol. The molecule has 9 heteroatoms. The summed E-state index contributed by atoms with van der Waals surface area (Å²) in [7, 11) is 0. The molecule has 1 amide bonds. The summed E-state index contributed by atoms with van der Waals surface area (Å²) in [6.45, 7) is 0. The predicted octanol–water partition coefficient (Wildman–Crippen LogP) is 6.89. The minimum Gasteiger partial charge on any atom is -0.337 e. The quantitative estimate of drug-likeness (QED) is 0.224. The number of aromatic amines is 2. The lowest BCUT2D eigenvalue weighted by atomic mass is 9.88. The van der Waals surface area contributed by atoms with Crippen LogP contribution in [0.4, 0.5) is 10.1 Å². The molecule has 0 bridgehead atoms. The molecule has 1 aliphatic rings. The zero-order chi connectivity index (χ0) is 27.1. The van der Waals surface area contributed by atoms with Crippen LogP contribution < -0.4 is 5.32 Å². The number of pyridine rings is 2. The molecule has 4 aromatic heterocycles. The van der Waals surface area contributed by atoms with Crippen molar-refractivity contribution in [3.8, 4) is 33.9 Å². The SMILES string of the molecule is O=C(Nc1cncc(-c2cc3c(-c4nc5c(-c6ccc(F)cc6)cccc5[nH]4)n[nH]c3cn2)c1)C1CCCCC1. The number of H-pyrrole nitrogens is 2. The van der Waals surface area contributed by atoms with E-state index in [1.807, 2.05) is 30.3 Å². The summed E-state index contributed by atoms with van der Waals surface area (Å²) in [4.78, 5) is 30.0. The molecule has 3 N–H and O–H groups in total. The van der Waals surface area contributed by atoms with E-state index in [0.717, 1.165) is 64.3 Å². The molecule has 0 aliphatic heterocycles. The van der Waals surface area contributed by atoms with Gasteiger partial charge in [-0.2, -0.15) is 5.10 Å². The smallest absolute Gasteiger partial charge is 0.227 e. The van der Waals surface area contributed by atoms with Gasteiger partial charge in [0.25, 0.3) is 0 Å². The first kappa shape index (κ1) is 24.1. The number of nitrogens with zero attached hydrogens (tertiary/aromatic N) is 4. The zero-order valence-corrected chi connectivity index (χ0v) is 21.6. The van der Waals surface area contributed by atoms with Crippen molar-refractivity contribution >= 4 is 33.5 Å². The fourth-order valence-electron chi connectivity index (χ4n) is 5.52. The maximum Gasteiger partial charge on any atom is 0.227 e. The molecule has 7 rings (SSSR count). The number of anilines is 1. The van der Waals surface area contributed by atoms with Gasteiger partial charge in [-0.15, -0.1) is 0 Å². The zero-order valence-electron chi connectivity index (χ0n) is 21.6. The highest BCUT2D eigenvalue weighted by Gasteiger charge is 2.21. The molecule has 1 fully saturated rings. The van der Waals surface area contributed by atoms with Gasteiger partial charge in [0.2, 0.25) is 5.91 Å². The molecule has 6 aromatic rings. The van der Waals surface area contributed by atoms with Gasteiger partial charge in [-0.1, -0.05) is 43.5 Å². The summed E-state index contributed by atoms with van der Waals surface area (Å²) >= 11 is 0. The third-order valence-corrected chi connectivity index (χ3v) is 7.62. The lowest BCUT2D eigenvalue weighted by Crippen LogP contribution is -2.24. The number of nitrogens with one attached hydrogen (secondary N) is 3. The number of benzene rings is 2. The molecule has 0 radical (unpaired) electrons. The molecule has 1 saturated carbocycles. The van der Waals surface area contributed by atoms with Crippen molar-refractivity contribution in [1.29, 1.82) is 0 Å². The van der Waals surface area contributed by atoms with E-state index in [0.29, 0.717) is 22.9 Å². The Hall–Kier alpha value is -4.92. The fourth-order valence-corrected chi connectivity index (χ4v) is 5.52. The fraction of sp³-hybridized carbons (Fsp3) is 0.194. The minimum atomic E-state index is -0.279. The van der Waals surface area contributed by atoms with Crippen molar-refractivity contribution in [2.45, 2.75) is 32.1 Å². The third kappa shape index (κ3) is 4.49. The average molecular weight is 532 g/mol. The summed E-state index contributed by atoms with van der Waals surface area (Å²) in [5, 5.41) is 11.5. The van der Waals surface area contributed by atoms with Gasteiger partial charge in [-0.3, -0.25) is 19.9 Å². The van der Waals surface area contributed by atoms with Crippen LogP contribution >= 0.6 is 0 Å². The highest BCUT2D eigenvalue weighted by Crippen LogP contribution is 2.33. The van der Waals surface area contributed by atoms with E-state index in [4.69, 9.17) is 4.98 Å². The monoisotopic (exact) mass is 531 g/mol. The van der Waals surface area contributed by atoms with Crippen LogP contribution in [0.15, 0.2) is 73.2 Å². The van der Waals surface area contributed by atoms with Gasteiger partial charge < -0.3 is 10.3 Å². The van der Waals surface area contributed by atoms with Crippen LogP contribution in [0.5, 0.6) is 0 Å². The van der Waals surface area contributed by atoms with Gasteiger partial charge >= 0.3 is 0 Å². The van der Waals surface area contributed by atoms with Crippen LogP contribution in [-0.2, 0) is 4.79 Å². The van der Waals surface area contributed by atoms with Crippen molar-refractivity contribution in [3.63, 3.8) is 0 Å². The van der Waals surface area contributed by atoms with Gasteiger partial charge in [0, 0.05) is 28.6 Å². The van der Waals surface area contributed by atoms with Gasteiger partial charge in [0.05, 0.1) is 40.3 Å². The first-order chi connectivity index (χ1) is 19.6. The number of imidazole rings is 1. The molecule has 2 aromatic carbocycles. The molecule has 8 nitrogen and oxygen atoms in total. The number of carbonyl (C=O) groups excluding carboxylic acids is 1.